The Morgan fingerprint density at radius 2 is 1.93 bits per heavy atom. The second-order valence-corrected chi connectivity index (χ2v) is 5.80. The first-order valence-electron chi connectivity index (χ1n) is 6.09. The fourth-order valence-corrected chi connectivity index (χ4v) is 2.72. The largest absolute Gasteiger partial charge is 0.330 e. The summed E-state index contributed by atoms with van der Waals surface area (Å²) in [6.07, 6.45) is 6.80. The molecule has 0 saturated heterocycles. The lowest BCUT2D eigenvalue weighted by Gasteiger charge is -2.32. The summed E-state index contributed by atoms with van der Waals surface area (Å²) in [6.45, 7) is 5.57. The smallest absolute Gasteiger partial charge is 0.0127 e. The summed E-state index contributed by atoms with van der Waals surface area (Å²) in [7, 11) is 0. The van der Waals surface area contributed by atoms with Crippen molar-refractivity contribution < 1.29 is 0 Å². The Hall–Kier alpha value is -0.0800. The second kappa shape index (κ2) is 3.82. The van der Waals surface area contributed by atoms with E-state index in [4.69, 9.17) is 5.73 Å². The highest BCUT2D eigenvalue weighted by Gasteiger charge is 2.46. The molecule has 82 valence electrons. The van der Waals surface area contributed by atoms with Gasteiger partial charge in [-0.2, -0.15) is 0 Å². The average Bonchev–Trinajstić information content (AvgIpc) is 2.75. The zero-order valence-corrected chi connectivity index (χ0v) is 9.55. The number of hydrogen-bond acceptors (Lipinski definition) is 2. The molecule has 2 nitrogen and oxygen atoms in total. The van der Waals surface area contributed by atoms with Gasteiger partial charge in [-0.25, -0.2) is 0 Å². The van der Waals surface area contributed by atoms with Crippen LogP contribution in [0.1, 0.15) is 46.0 Å². The molecule has 0 heterocycles. The van der Waals surface area contributed by atoms with Gasteiger partial charge in [0.25, 0.3) is 0 Å². The van der Waals surface area contributed by atoms with E-state index in [9.17, 15) is 0 Å². The van der Waals surface area contributed by atoms with E-state index in [0.717, 1.165) is 18.5 Å². The number of nitrogens with one attached hydrogen (secondary N) is 1. The summed E-state index contributed by atoms with van der Waals surface area (Å²) in [6, 6.07) is 1.47. The maximum atomic E-state index is 5.82. The Morgan fingerprint density at radius 1 is 1.29 bits per heavy atom. The molecule has 3 unspecified atom stereocenters. The van der Waals surface area contributed by atoms with E-state index >= 15 is 0 Å². The topological polar surface area (TPSA) is 38.0 Å². The Bertz CT molecular complexity index is 200. The van der Waals surface area contributed by atoms with Crippen LogP contribution < -0.4 is 11.1 Å². The SMILES string of the molecule is CC1(C)CC1NC1CCCCC1CN. The fourth-order valence-electron chi connectivity index (χ4n) is 2.72. The molecule has 2 aliphatic carbocycles. The van der Waals surface area contributed by atoms with Crippen molar-refractivity contribution in [1.82, 2.24) is 5.32 Å². The molecule has 14 heavy (non-hydrogen) atoms. The van der Waals surface area contributed by atoms with E-state index in [1.165, 1.54) is 32.1 Å². The Morgan fingerprint density at radius 3 is 2.50 bits per heavy atom. The third-order valence-corrected chi connectivity index (χ3v) is 4.14. The first-order chi connectivity index (χ1) is 6.63. The summed E-state index contributed by atoms with van der Waals surface area (Å²) in [5.74, 6) is 0.736. The van der Waals surface area contributed by atoms with E-state index in [2.05, 4.69) is 19.2 Å². The van der Waals surface area contributed by atoms with Crippen LogP contribution in [0, 0.1) is 11.3 Å². The molecule has 0 amide bonds. The van der Waals surface area contributed by atoms with Crippen molar-refractivity contribution in [2.45, 2.75) is 58.0 Å². The van der Waals surface area contributed by atoms with Gasteiger partial charge in [0.1, 0.15) is 0 Å². The van der Waals surface area contributed by atoms with Crippen LogP contribution in [-0.4, -0.2) is 18.6 Å². The molecule has 0 aromatic rings. The van der Waals surface area contributed by atoms with Crippen molar-refractivity contribution in [1.29, 1.82) is 0 Å². The van der Waals surface area contributed by atoms with Gasteiger partial charge in [0, 0.05) is 12.1 Å². The van der Waals surface area contributed by atoms with Crippen LogP contribution in [-0.2, 0) is 0 Å². The van der Waals surface area contributed by atoms with Crippen LogP contribution >= 0.6 is 0 Å². The van der Waals surface area contributed by atoms with E-state index in [0.29, 0.717) is 11.5 Å². The molecule has 0 radical (unpaired) electrons. The van der Waals surface area contributed by atoms with Gasteiger partial charge in [-0.1, -0.05) is 26.7 Å². The summed E-state index contributed by atoms with van der Waals surface area (Å²) in [4.78, 5) is 0. The third kappa shape index (κ3) is 2.12. The van der Waals surface area contributed by atoms with Gasteiger partial charge in [-0.15, -0.1) is 0 Å². The molecule has 0 aliphatic heterocycles. The van der Waals surface area contributed by atoms with Crippen molar-refractivity contribution in [2.24, 2.45) is 17.1 Å². The molecule has 0 aromatic heterocycles. The third-order valence-electron chi connectivity index (χ3n) is 4.14. The van der Waals surface area contributed by atoms with E-state index < -0.39 is 0 Å². The molecule has 3 N–H and O–H groups in total. The quantitative estimate of drug-likeness (QED) is 0.723. The zero-order chi connectivity index (χ0) is 10.2. The van der Waals surface area contributed by atoms with Crippen LogP contribution in [0.5, 0.6) is 0 Å². The number of rotatable bonds is 3. The average molecular weight is 196 g/mol. The minimum absolute atomic E-state index is 0.552. The Labute approximate surface area is 87.6 Å². The summed E-state index contributed by atoms with van der Waals surface area (Å²) in [5.41, 5.74) is 6.37. The monoisotopic (exact) mass is 196 g/mol. The molecule has 3 atom stereocenters. The van der Waals surface area contributed by atoms with Gasteiger partial charge in [0.15, 0.2) is 0 Å². The van der Waals surface area contributed by atoms with E-state index in [-0.39, 0.29) is 0 Å². The maximum absolute atomic E-state index is 5.82. The maximum Gasteiger partial charge on any atom is 0.0127 e. The van der Waals surface area contributed by atoms with Crippen LogP contribution in [0.3, 0.4) is 0 Å². The Balaban J connectivity index is 1.83. The number of nitrogens with two attached hydrogens (primary N) is 1. The molecule has 2 fully saturated rings. The highest BCUT2D eigenvalue weighted by Crippen LogP contribution is 2.45. The zero-order valence-electron chi connectivity index (χ0n) is 9.55. The van der Waals surface area contributed by atoms with Gasteiger partial charge < -0.3 is 11.1 Å². The first kappa shape index (κ1) is 10.4. The molecule has 2 saturated carbocycles. The molecular weight excluding hydrogens is 172 g/mol. The molecule has 2 rings (SSSR count). The normalized spacial score (nSPS) is 40.9. The van der Waals surface area contributed by atoms with Gasteiger partial charge in [-0.3, -0.25) is 0 Å². The molecule has 0 spiro atoms. The van der Waals surface area contributed by atoms with Gasteiger partial charge >= 0.3 is 0 Å². The van der Waals surface area contributed by atoms with Gasteiger partial charge in [-0.05, 0) is 37.1 Å². The minimum atomic E-state index is 0.552. The lowest BCUT2D eigenvalue weighted by atomic mass is 9.84. The minimum Gasteiger partial charge on any atom is -0.330 e. The fraction of sp³-hybridized carbons (Fsp3) is 1.00. The van der Waals surface area contributed by atoms with Crippen molar-refractivity contribution >= 4 is 0 Å². The van der Waals surface area contributed by atoms with Crippen LogP contribution in [0.25, 0.3) is 0 Å². The van der Waals surface area contributed by atoms with Crippen LogP contribution in [0.4, 0.5) is 0 Å². The second-order valence-electron chi connectivity index (χ2n) is 5.80. The lowest BCUT2D eigenvalue weighted by molar-refractivity contribution is 0.259. The van der Waals surface area contributed by atoms with Crippen molar-refractivity contribution in [3.63, 3.8) is 0 Å². The molecule has 0 aromatic carbocycles. The standard InChI is InChI=1S/C12H24N2/c1-12(2)7-11(12)14-10-6-4-3-5-9(10)8-13/h9-11,14H,3-8,13H2,1-2H3. The van der Waals surface area contributed by atoms with Gasteiger partial charge in [0.2, 0.25) is 0 Å². The van der Waals surface area contributed by atoms with Crippen LogP contribution in [0.15, 0.2) is 0 Å². The molecule has 0 bridgehead atoms. The van der Waals surface area contributed by atoms with Gasteiger partial charge in [0.05, 0.1) is 0 Å². The predicted molar refractivity (Wildman–Crippen MR) is 60.1 cm³/mol. The summed E-state index contributed by atoms with van der Waals surface area (Å²) >= 11 is 0. The molecule has 2 aliphatic rings. The van der Waals surface area contributed by atoms with E-state index in [1.807, 2.05) is 0 Å². The van der Waals surface area contributed by atoms with Crippen molar-refractivity contribution in [3.05, 3.63) is 0 Å². The summed E-state index contributed by atoms with van der Waals surface area (Å²) < 4.78 is 0. The first-order valence-corrected chi connectivity index (χ1v) is 6.09. The predicted octanol–water partition coefficient (Wildman–Crippen LogP) is 1.89. The lowest BCUT2D eigenvalue weighted by Crippen LogP contribution is -2.43. The highest BCUT2D eigenvalue weighted by atomic mass is 15.0. The molecule has 2 heteroatoms. The molecular formula is C12H24N2. The van der Waals surface area contributed by atoms with Crippen molar-refractivity contribution in [3.8, 4) is 0 Å². The van der Waals surface area contributed by atoms with Crippen molar-refractivity contribution in [2.75, 3.05) is 6.54 Å². The van der Waals surface area contributed by atoms with E-state index in [1.54, 1.807) is 0 Å². The van der Waals surface area contributed by atoms with Crippen LogP contribution in [0.2, 0.25) is 0 Å². The highest BCUT2D eigenvalue weighted by molar-refractivity contribution is 5.03. The number of hydrogen-bond donors (Lipinski definition) is 2. The summed E-state index contributed by atoms with van der Waals surface area (Å²) in [5, 5.41) is 3.80. The Kier molecular flexibility index (Phi) is 2.85.